The predicted octanol–water partition coefficient (Wildman–Crippen LogP) is 3.95. The molecule has 26 heavy (non-hydrogen) atoms. The highest BCUT2D eigenvalue weighted by molar-refractivity contribution is 7.09. The number of ether oxygens (including phenoxy) is 1. The Balaban J connectivity index is 1.55. The number of rotatable bonds is 8. The average molecular weight is 367 g/mol. The molecule has 1 amide bonds. The molecule has 0 saturated heterocycles. The minimum absolute atomic E-state index is 0.124. The van der Waals surface area contributed by atoms with Gasteiger partial charge in [0.1, 0.15) is 11.9 Å². The van der Waals surface area contributed by atoms with Crippen LogP contribution in [0.15, 0.2) is 66.3 Å². The van der Waals surface area contributed by atoms with Crippen molar-refractivity contribution in [2.24, 2.45) is 0 Å². The van der Waals surface area contributed by atoms with Gasteiger partial charge in [0, 0.05) is 23.3 Å². The van der Waals surface area contributed by atoms with Crippen LogP contribution in [-0.4, -0.2) is 23.5 Å². The Bertz CT molecular complexity index is 822. The van der Waals surface area contributed by atoms with Crippen LogP contribution in [0.2, 0.25) is 0 Å². The van der Waals surface area contributed by atoms with Crippen LogP contribution in [0.1, 0.15) is 22.2 Å². The number of hydrogen-bond donors (Lipinski definition) is 2. The largest absolute Gasteiger partial charge is 0.487 e. The minimum Gasteiger partial charge on any atom is -0.487 e. The first-order valence-electron chi connectivity index (χ1n) is 8.42. The van der Waals surface area contributed by atoms with Crippen LogP contribution in [0.5, 0.6) is 5.75 Å². The number of benzene rings is 1. The highest BCUT2D eigenvalue weighted by Gasteiger charge is 2.12. The van der Waals surface area contributed by atoms with Crippen molar-refractivity contribution in [1.82, 2.24) is 10.3 Å². The molecule has 0 spiro atoms. The van der Waals surface area contributed by atoms with Crippen molar-refractivity contribution >= 4 is 22.9 Å². The number of para-hydroxylation sites is 1. The Hall–Kier alpha value is -2.86. The SMILES string of the molecule is CC(CNC(=O)c1ccccc1NCc1cccs1)Oc1cccnc1. The molecular formula is C20H21N3O2S. The fraction of sp³-hybridized carbons (Fsp3) is 0.200. The van der Waals surface area contributed by atoms with Crippen molar-refractivity contribution in [2.75, 3.05) is 11.9 Å². The van der Waals surface area contributed by atoms with Crippen LogP contribution in [0, 0.1) is 0 Å². The van der Waals surface area contributed by atoms with Gasteiger partial charge in [-0.2, -0.15) is 0 Å². The highest BCUT2D eigenvalue weighted by Crippen LogP contribution is 2.18. The van der Waals surface area contributed by atoms with E-state index >= 15 is 0 Å². The lowest BCUT2D eigenvalue weighted by atomic mass is 10.1. The normalized spacial score (nSPS) is 11.6. The second kappa shape index (κ2) is 9.01. The maximum atomic E-state index is 12.6. The summed E-state index contributed by atoms with van der Waals surface area (Å²) in [5, 5.41) is 8.31. The van der Waals surface area contributed by atoms with E-state index in [0.29, 0.717) is 24.4 Å². The molecule has 0 aliphatic rings. The number of anilines is 1. The second-order valence-corrected chi connectivity index (χ2v) is 6.84. The van der Waals surface area contributed by atoms with Gasteiger partial charge in [0.15, 0.2) is 0 Å². The molecular weight excluding hydrogens is 346 g/mol. The molecule has 0 saturated carbocycles. The molecule has 1 aromatic carbocycles. The number of carbonyl (C=O) groups is 1. The van der Waals surface area contributed by atoms with Crippen molar-refractivity contribution in [3.05, 3.63) is 76.7 Å². The van der Waals surface area contributed by atoms with Crippen LogP contribution in [0.3, 0.4) is 0 Å². The Morgan fingerprint density at radius 2 is 2.08 bits per heavy atom. The molecule has 0 aliphatic heterocycles. The van der Waals surface area contributed by atoms with E-state index in [9.17, 15) is 4.79 Å². The monoisotopic (exact) mass is 367 g/mol. The van der Waals surface area contributed by atoms with Crippen LogP contribution in [0.4, 0.5) is 5.69 Å². The van der Waals surface area contributed by atoms with Crippen LogP contribution >= 0.6 is 11.3 Å². The molecule has 2 N–H and O–H groups in total. The first-order chi connectivity index (χ1) is 12.7. The summed E-state index contributed by atoms with van der Waals surface area (Å²) in [6, 6.07) is 15.3. The third-order valence-electron chi connectivity index (χ3n) is 3.73. The summed E-state index contributed by atoms with van der Waals surface area (Å²) in [6.45, 7) is 3.02. The molecule has 1 atom stereocenters. The second-order valence-electron chi connectivity index (χ2n) is 5.81. The predicted molar refractivity (Wildman–Crippen MR) is 105 cm³/mol. The van der Waals surface area contributed by atoms with Crippen molar-refractivity contribution in [3.8, 4) is 5.75 Å². The Morgan fingerprint density at radius 1 is 1.19 bits per heavy atom. The standard InChI is InChI=1S/C20H21N3O2S/c1-15(25-16-6-4-10-21-13-16)12-23-20(24)18-8-2-3-9-19(18)22-14-17-7-5-11-26-17/h2-11,13,15,22H,12,14H2,1H3,(H,23,24). The van der Waals surface area contributed by atoms with Gasteiger partial charge in [0.2, 0.25) is 0 Å². The van der Waals surface area contributed by atoms with Gasteiger partial charge in [-0.1, -0.05) is 18.2 Å². The van der Waals surface area contributed by atoms with Crippen LogP contribution in [-0.2, 0) is 6.54 Å². The molecule has 5 nitrogen and oxygen atoms in total. The smallest absolute Gasteiger partial charge is 0.253 e. The van der Waals surface area contributed by atoms with Gasteiger partial charge in [0.05, 0.1) is 18.3 Å². The van der Waals surface area contributed by atoms with Gasteiger partial charge in [-0.3, -0.25) is 9.78 Å². The summed E-state index contributed by atoms with van der Waals surface area (Å²) in [6.07, 6.45) is 3.19. The van der Waals surface area contributed by atoms with Gasteiger partial charge in [0.25, 0.3) is 5.91 Å². The summed E-state index contributed by atoms with van der Waals surface area (Å²) in [4.78, 5) is 17.8. The van der Waals surface area contributed by atoms with E-state index in [4.69, 9.17) is 4.74 Å². The molecule has 0 fully saturated rings. The fourth-order valence-corrected chi connectivity index (χ4v) is 3.10. The summed E-state index contributed by atoms with van der Waals surface area (Å²) < 4.78 is 5.74. The number of amides is 1. The summed E-state index contributed by atoms with van der Waals surface area (Å²) in [5.41, 5.74) is 1.44. The molecule has 0 aliphatic carbocycles. The van der Waals surface area contributed by atoms with Gasteiger partial charge in [-0.05, 0) is 42.6 Å². The number of aromatic nitrogens is 1. The maximum absolute atomic E-state index is 12.6. The third kappa shape index (κ3) is 5.07. The van der Waals surface area contributed by atoms with E-state index in [1.165, 1.54) is 4.88 Å². The first kappa shape index (κ1) is 17.9. The van der Waals surface area contributed by atoms with Gasteiger partial charge in [-0.25, -0.2) is 0 Å². The lowest BCUT2D eigenvalue weighted by Gasteiger charge is -2.16. The Kier molecular flexibility index (Phi) is 6.22. The number of nitrogens with one attached hydrogen (secondary N) is 2. The molecule has 134 valence electrons. The van der Waals surface area contributed by atoms with Crippen LogP contribution < -0.4 is 15.4 Å². The Morgan fingerprint density at radius 3 is 2.85 bits per heavy atom. The zero-order valence-corrected chi connectivity index (χ0v) is 15.3. The highest BCUT2D eigenvalue weighted by atomic mass is 32.1. The quantitative estimate of drug-likeness (QED) is 0.633. The molecule has 0 radical (unpaired) electrons. The molecule has 0 bridgehead atoms. The summed E-state index contributed by atoms with van der Waals surface area (Å²) in [7, 11) is 0. The van der Waals surface area contributed by atoms with E-state index in [1.807, 2.05) is 54.8 Å². The minimum atomic E-state index is -0.158. The lowest BCUT2D eigenvalue weighted by Crippen LogP contribution is -2.33. The number of pyridine rings is 1. The van der Waals surface area contributed by atoms with Crippen molar-refractivity contribution in [3.63, 3.8) is 0 Å². The third-order valence-corrected chi connectivity index (χ3v) is 4.60. The van der Waals surface area contributed by atoms with Gasteiger partial charge >= 0.3 is 0 Å². The summed E-state index contributed by atoms with van der Waals surface area (Å²) >= 11 is 1.69. The van der Waals surface area contributed by atoms with E-state index < -0.39 is 0 Å². The Labute approximate surface area is 157 Å². The van der Waals surface area contributed by atoms with Gasteiger partial charge in [-0.15, -0.1) is 11.3 Å². The lowest BCUT2D eigenvalue weighted by molar-refractivity contribution is 0.0933. The number of thiophene rings is 1. The van der Waals surface area contributed by atoms with Gasteiger partial charge < -0.3 is 15.4 Å². The van der Waals surface area contributed by atoms with Crippen LogP contribution in [0.25, 0.3) is 0 Å². The first-order valence-corrected chi connectivity index (χ1v) is 9.30. The zero-order chi connectivity index (χ0) is 18.2. The molecule has 3 aromatic rings. The van der Waals surface area contributed by atoms with E-state index in [0.717, 1.165) is 5.69 Å². The van der Waals surface area contributed by atoms with Crippen molar-refractivity contribution in [1.29, 1.82) is 0 Å². The van der Waals surface area contributed by atoms with E-state index in [-0.39, 0.29) is 12.0 Å². The number of hydrogen-bond acceptors (Lipinski definition) is 5. The molecule has 6 heteroatoms. The maximum Gasteiger partial charge on any atom is 0.253 e. The molecule has 2 aromatic heterocycles. The fourth-order valence-electron chi connectivity index (χ4n) is 2.45. The molecule has 1 unspecified atom stereocenters. The average Bonchev–Trinajstić information content (AvgIpc) is 3.19. The number of carbonyl (C=O) groups excluding carboxylic acids is 1. The molecule has 3 rings (SSSR count). The van der Waals surface area contributed by atoms with Crippen molar-refractivity contribution in [2.45, 2.75) is 19.6 Å². The topological polar surface area (TPSA) is 63.2 Å². The molecule has 2 heterocycles. The summed E-state index contributed by atoms with van der Waals surface area (Å²) in [5.74, 6) is 0.563. The number of nitrogens with zero attached hydrogens (tertiary/aromatic N) is 1. The van der Waals surface area contributed by atoms with Crippen molar-refractivity contribution < 1.29 is 9.53 Å². The van der Waals surface area contributed by atoms with E-state index in [1.54, 1.807) is 23.7 Å². The van der Waals surface area contributed by atoms with E-state index in [2.05, 4.69) is 21.7 Å². The zero-order valence-electron chi connectivity index (χ0n) is 14.5.